The van der Waals surface area contributed by atoms with Crippen molar-refractivity contribution in [3.05, 3.63) is 29.3 Å². The Morgan fingerprint density at radius 3 is 2.40 bits per heavy atom. The largest absolute Gasteiger partial charge is 0.384 e. The summed E-state index contributed by atoms with van der Waals surface area (Å²) in [6.07, 6.45) is 1.75. The molecule has 0 aromatic heterocycles. The van der Waals surface area contributed by atoms with E-state index in [2.05, 4.69) is 0 Å². The number of hydrogen-bond acceptors (Lipinski definition) is 3. The zero-order chi connectivity index (χ0) is 14.8. The van der Waals surface area contributed by atoms with Crippen molar-refractivity contribution in [2.75, 3.05) is 26.8 Å². The highest BCUT2D eigenvalue weighted by Gasteiger charge is 2.29. The zero-order valence-electron chi connectivity index (χ0n) is 12.4. The van der Waals surface area contributed by atoms with Gasteiger partial charge in [-0.25, -0.2) is 8.42 Å². The van der Waals surface area contributed by atoms with Gasteiger partial charge in [0.25, 0.3) is 0 Å². The van der Waals surface area contributed by atoms with E-state index in [0.29, 0.717) is 23.9 Å². The van der Waals surface area contributed by atoms with Crippen LogP contribution in [0.25, 0.3) is 0 Å². The van der Waals surface area contributed by atoms with Crippen LogP contribution in [0.2, 0.25) is 0 Å². The van der Waals surface area contributed by atoms with Gasteiger partial charge in [-0.1, -0.05) is 6.07 Å². The van der Waals surface area contributed by atoms with Gasteiger partial charge in [0, 0.05) is 26.8 Å². The molecule has 1 aliphatic heterocycles. The highest BCUT2D eigenvalue weighted by atomic mass is 32.2. The summed E-state index contributed by atoms with van der Waals surface area (Å²) in [5.74, 6) is 0.478. The average Bonchev–Trinajstić information content (AvgIpc) is 2.43. The van der Waals surface area contributed by atoms with E-state index in [0.717, 1.165) is 30.6 Å². The molecule has 0 radical (unpaired) electrons. The Labute approximate surface area is 121 Å². The molecular formula is C15H23NO3S. The monoisotopic (exact) mass is 297 g/mol. The first-order valence-electron chi connectivity index (χ1n) is 7.01. The lowest BCUT2D eigenvalue weighted by molar-refractivity contribution is 0.121. The molecule has 112 valence electrons. The molecule has 0 spiro atoms. The van der Waals surface area contributed by atoms with E-state index in [1.165, 1.54) is 0 Å². The number of rotatable bonds is 4. The van der Waals surface area contributed by atoms with Crippen molar-refractivity contribution in [3.63, 3.8) is 0 Å². The fourth-order valence-electron chi connectivity index (χ4n) is 2.58. The molecule has 0 bridgehead atoms. The van der Waals surface area contributed by atoms with Gasteiger partial charge in [0.15, 0.2) is 0 Å². The molecule has 0 aliphatic carbocycles. The molecule has 1 heterocycles. The fraction of sp³-hybridized carbons (Fsp3) is 0.600. The lowest BCUT2D eigenvalue weighted by Gasteiger charge is -2.30. The van der Waals surface area contributed by atoms with Crippen LogP contribution in [0.1, 0.15) is 24.0 Å². The van der Waals surface area contributed by atoms with Crippen LogP contribution in [0.4, 0.5) is 0 Å². The van der Waals surface area contributed by atoms with Crippen molar-refractivity contribution in [1.29, 1.82) is 0 Å². The first kappa shape index (κ1) is 15.5. The maximum atomic E-state index is 12.6. The van der Waals surface area contributed by atoms with Crippen molar-refractivity contribution in [1.82, 2.24) is 4.31 Å². The van der Waals surface area contributed by atoms with Crippen molar-refractivity contribution in [2.45, 2.75) is 31.6 Å². The Morgan fingerprint density at radius 1 is 1.20 bits per heavy atom. The number of piperidine rings is 1. The summed E-state index contributed by atoms with van der Waals surface area (Å²) < 4.78 is 32.0. The highest BCUT2D eigenvalue weighted by molar-refractivity contribution is 7.89. The number of hydrogen-bond donors (Lipinski definition) is 0. The molecule has 1 aliphatic rings. The van der Waals surface area contributed by atoms with Crippen molar-refractivity contribution >= 4 is 10.0 Å². The minimum Gasteiger partial charge on any atom is -0.384 e. The van der Waals surface area contributed by atoms with Gasteiger partial charge in [-0.2, -0.15) is 4.31 Å². The molecule has 4 nitrogen and oxygen atoms in total. The third-order valence-corrected chi connectivity index (χ3v) is 5.99. The van der Waals surface area contributed by atoms with Crippen LogP contribution >= 0.6 is 0 Å². The number of nitrogens with zero attached hydrogens (tertiary/aromatic N) is 1. The average molecular weight is 297 g/mol. The molecule has 0 unspecified atom stereocenters. The van der Waals surface area contributed by atoms with E-state index in [1.54, 1.807) is 23.5 Å². The van der Waals surface area contributed by atoms with Gasteiger partial charge in [-0.15, -0.1) is 0 Å². The summed E-state index contributed by atoms with van der Waals surface area (Å²) in [7, 11) is -1.65. The van der Waals surface area contributed by atoms with E-state index < -0.39 is 10.0 Å². The van der Waals surface area contributed by atoms with Crippen LogP contribution < -0.4 is 0 Å². The molecule has 1 aromatic carbocycles. The molecule has 0 N–H and O–H groups in total. The summed E-state index contributed by atoms with van der Waals surface area (Å²) in [5.41, 5.74) is 2.13. The van der Waals surface area contributed by atoms with Gasteiger partial charge in [-0.05, 0) is 55.9 Å². The third kappa shape index (κ3) is 3.22. The zero-order valence-corrected chi connectivity index (χ0v) is 13.2. The molecule has 5 heteroatoms. The molecule has 20 heavy (non-hydrogen) atoms. The number of ether oxygens (including phenoxy) is 1. The topological polar surface area (TPSA) is 46.6 Å². The number of benzene rings is 1. The van der Waals surface area contributed by atoms with Crippen LogP contribution in [0, 0.1) is 19.8 Å². The van der Waals surface area contributed by atoms with Crippen molar-refractivity contribution < 1.29 is 13.2 Å². The summed E-state index contributed by atoms with van der Waals surface area (Å²) in [5, 5.41) is 0. The first-order valence-corrected chi connectivity index (χ1v) is 8.45. The van der Waals surface area contributed by atoms with Crippen LogP contribution in [0.5, 0.6) is 0 Å². The van der Waals surface area contributed by atoms with E-state index in [-0.39, 0.29) is 0 Å². The minimum atomic E-state index is -3.35. The lowest BCUT2D eigenvalue weighted by Crippen LogP contribution is -2.39. The van der Waals surface area contributed by atoms with Crippen LogP contribution in [0.3, 0.4) is 0 Å². The quantitative estimate of drug-likeness (QED) is 0.857. The Hall–Kier alpha value is -0.910. The van der Waals surface area contributed by atoms with Crippen molar-refractivity contribution in [2.24, 2.45) is 5.92 Å². The van der Waals surface area contributed by atoms with Gasteiger partial charge >= 0.3 is 0 Å². The molecule has 1 aromatic rings. The lowest BCUT2D eigenvalue weighted by atomic mass is 9.99. The maximum absolute atomic E-state index is 12.6. The first-order chi connectivity index (χ1) is 9.45. The van der Waals surface area contributed by atoms with Gasteiger partial charge < -0.3 is 4.74 Å². The normalized spacial score (nSPS) is 18.4. The Balaban J connectivity index is 2.13. The Morgan fingerprint density at radius 2 is 1.85 bits per heavy atom. The van der Waals surface area contributed by atoms with E-state index >= 15 is 0 Å². The predicted octanol–water partition coefficient (Wildman–Crippen LogP) is 2.35. The van der Waals surface area contributed by atoms with Crippen LogP contribution in [-0.2, 0) is 14.8 Å². The maximum Gasteiger partial charge on any atom is 0.243 e. The summed E-state index contributed by atoms with van der Waals surface area (Å²) in [6.45, 7) is 5.82. The predicted molar refractivity (Wildman–Crippen MR) is 79.3 cm³/mol. The van der Waals surface area contributed by atoms with Crippen LogP contribution in [-0.4, -0.2) is 39.5 Å². The molecule has 0 amide bonds. The van der Waals surface area contributed by atoms with E-state index in [9.17, 15) is 8.42 Å². The SMILES string of the molecule is COCC1CCN(S(=O)(=O)c2ccc(C)c(C)c2)CC1. The van der Waals surface area contributed by atoms with Gasteiger partial charge in [0.05, 0.1) is 4.90 Å². The number of methoxy groups -OCH3 is 1. The summed E-state index contributed by atoms with van der Waals surface area (Å²) in [4.78, 5) is 0.408. The number of aryl methyl sites for hydroxylation is 2. The number of sulfonamides is 1. The fourth-order valence-corrected chi connectivity index (χ4v) is 4.13. The third-order valence-electron chi connectivity index (χ3n) is 4.09. The van der Waals surface area contributed by atoms with Gasteiger partial charge in [-0.3, -0.25) is 0 Å². The molecule has 2 rings (SSSR count). The van der Waals surface area contributed by atoms with E-state index in [4.69, 9.17) is 4.74 Å². The second-order valence-corrected chi connectivity index (χ2v) is 7.49. The van der Waals surface area contributed by atoms with Crippen molar-refractivity contribution in [3.8, 4) is 0 Å². The van der Waals surface area contributed by atoms with Gasteiger partial charge in [0.2, 0.25) is 10.0 Å². The Kier molecular flexibility index (Phi) is 4.83. The highest BCUT2D eigenvalue weighted by Crippen LogP contribution is 2.25. The summed E-state index contributed by atoms with van der Waals surface area (Å²) >= 11 is 0. The second-order valence-electron chi connectivity index (χ2n) is 5.55. The standard InChI is InChI=1S/C15H23NO3S/c1-12-4-5-15(10-13(12)2)20(17,18)16-8-6-14(7-9-16)11-19-3/h4-5,10,14H,6-9,11H2,1-3H3. The second kappa shape index (κ2) is 6.24. The van der Waals surface area contributed by atoms with Gasteiger partial charge in [0.1, 0.15) is 0 Å². The minimum absolute atomic E-state index is 0.408. The molecule has 0 saturated carbocycles. The van der Waals surface area contributed by atoms with E-state index in [1.807, 2.05) is 19.9 Å². The smallest absolute Gasteiger partial charge is 0.243 e. The molecule has 1 saturated heterocycles. The Bertz CT molecular complexity index is 560. The molecular weight excluding hydrogens is 274 g/mol. The summed E-state index contributed by atoms with van der Waals surface area (Å²) in [6, 6.07) is 5.35. The molecule has 0 atom stereocenters. The van der Waals surface area contributed by atoms with Crippen LogP contribution in [0.15, 0.2) is 23.1 Å². The molecule has 1 fully saturated rings.